The maximum Gasteiger partial charge on any atom is 0.252 e. The van der Waals surface area contributed by atoms with Crippen LogP contribution in [0.4, 0.5) is 0 Å². The highest BCUT2D eigenvalue weighted by molar-refractivity contribution is 5.96. The van der Waals surface area contributed by atoms with Crippen LogP contribution in [0.15, 0.2) is 24.3 Å². The molecule has 1 saturated carbocycles. The molecule has 112 valence electrons. The highest BCUT2D eigenvalue weighted by Crippen LogP contribution is 2.34. The Morgan fingerprint density at radius 1 is 1.38 bits per heavy atom. The second-order valence-corrected chi connectivity index (χ2v) is 5.69. The molecule has 3 unspecified atom stereocenters. The quantitative estimate of drug-likeness (QED) is 0.839. The molecule has 3 nitrogen and oxygen atoms in total. The Morgan fingerprint density at radius 3 is 2.81 bits per heavy atom. The molecular formula is C18H23NO2. The molecule has 0 heterocycles. The van der Waals surface area contributed by atoms with Crippen LogP contribution in [0.2, 0.25) is 0 Å². The average Bonchev–Trinajstić information content (AvgIpc) is 2.85. The van der Waals surface area contributed by atoms with Crippen molar-refractivity contribution in [3.63, 3.8) is 0 Å². The molecule has 2 N–H and O–H groups in total. The summed E-state index contributed by atoms with van der Waals surface area (Å²) < 4.78 is 0. The number of benzene rings is 1. The lowest BCUT2D eigenvalue weighted by Crippen LogP contribution is -2.37. The number of hydrogen-bond donors (Lipinski definition) is 2. The van der Waals surface area contributed by atoms with Gasteiger partial charge in [0.05, 0.1) is 5.56 Å². The van der Waals surface area contributed by atoms with E-state index in [9.17, 15) is 4.79 Å². The van der Waals surface area contributed by atoms with Gasteiger partial charge in [-0.1, -0.05) is 44.2 Å². The first kappa shape index (κ1) is 15.6. The molecule has 2 rings (SSSR count). The summed E-state index contributed by atoms with van der Waals surface area (Å²) in [6.45, 7) is 4.24. The van der Waals surface area contributed by atoms with Crippen molar-refractivity contribution in [3.05, 3.63) is 35.4 Å². The van der Waals surface area contributed by atoms with Crippen molar-refractivity contribution in [1.82, 2.24) is 5.32 Å². The monoisotopic (exact) mass is 285 g/mol. The van der Waals surface area contributed by atoms with Crippen LogP contribution in [-0.2, 0) is 0 Å². The molecule has 0 radical (unpaired) electrons. The molecule has 0 bridgehead atoms. The lowest BCUT2D eigenvalue weighted by atomic mass is 9.93. The maximum atomic E-state index is 12.5. The summed E-state index contributed by atoms with van der Waals surface area (Å²) in [4.78, 5) is 12.5. The molecule has 1 aromatic rings. The molecule has 0 saturated heterocycles. The summed E-state index contributed by atoms with van der Waals surface area (Å²) in [5.74, 6) is 6.61. The van der Waals surface area contributed by atoms with E-state index in [4.69, 9.17) is 5.11 Å². The lowest BCUT2D eigenvalue weighted by molar-refractivity contribution is 0.0926. The number of aliphatic hydroxyl groups is 1. The highest BCUT2D eigenvalue weighted by atomic mass is 16.2. The van der Waals surface area contributed by atoms with Crippen molar-refractivity contribution in [2.75, 3.05) is 6.61 Å². The van der Waals surface area contributed by atoms with Gasteiger partial charge in [0, 0.05) is 11.6 Å². The average molecular weight is 285 g/mol. The SMILES string of the molecule is CCC1CCC(NC(=O)c2ccccc2C#CCO)C1C. The van der Waals surface area contributed by atoms with Gasteiger partial charge in [0.15, 0.2) is 0 Å². The molecule has 3 heteroatoms. The Labute approximate surface area is 126 Å². The van der Waals surface area contributed by atoms with Crippen molar-refractivity contribution in [1.29, 1.82) is 0 Å². The Balaban J connectivity index is 2.11. The summed E-state index contributed by atoms with van der Waals surface area (Å²) in [6.07, 6.45) is 3.41. The van der Waals surface area contributed by atoms with Gasteiger partial charge in [0.1, 0.15) is 6.61 Å². The summed E-state index contributed by atoms with van der Waals surface area (Å²) in [6, 6.07) is 7.54. The molecule has 1 aliphatic carbocycles. The van der Waals surface area contributed by atoms with Gasteiger partial charge in [-0.2, -0.15) is 0 Å². The maximum absolute atomic E-state index is 12.5. The molecule has 1 aromatic carbocycles. The third-order valence-corrected chi connectivity index (χ3v) is 4.54. The number of hydrogen-bond acceptors (Lipinski definition) is 2. The standard InChI is InChI=1S/C18H23NO2/c1-3-14-10-11-17(13(14)2)19-18(21)16-9-5-4-7-15(16)8-6-12-20/h4-5,7,9,13-14,17,20H,3,10-12H2,1-2H3,(H,19,21). The van der Waals surface area contributed by atoms with E-state index in [2.05, 4.69) is 31.0 Å². The predicted molar refractivity (Wildman–Crippen MR) is 83.8 cm³/mol. The van der Waals surface area contributed by atoms with Gasteiger partial charge in [-0.25, -0.2) is 0 Å². The number of amides is 1. The first-order chi connectivity index (χ1) is 10.2. The smallest absolute Gasteiger partial charge is 0.252 e. The third kappa shape index (κ3) is 3.65. The molecule has 1 fully saturated rings. The second kappa shape index (κ2) is 7.28. The number of nitrogens with one attached hydrogen (secondary N) is 1. The minimum absolute atomic E-state index is 0.0635. The van der Waals surface area contributed by atoms with Crippen LogP contribution in [0.1, 0.15) is 49.0 Å². The van der Waals surface area contributed by atoms with Gasteiger partial charge in [-0.3, -0.25) is 4.79 Å². The summed E-state index contributed by atoms with van der Waals surface area (Å²) in [5, 5.41) is 12.0. The summed E-state index contributed by atoms with van der Waals surface area (Å²) in [7, 11) is 0. The normalized spacial score (nSPS) is 24.2. The number of carbonyl (C=O) groups is 1. The molecule has 3 atom stereocenters. The van der Waals surface area contributed by atoms with Crippen LogP contribution in [0.5, 0.6) is 0 Å². The van der Waals surface area contributed by atoms with Gasteiger partial charge >= 0.3 is 0 Å². The molecule has 1 aliphatic rings. The first-order valence-electron chi connectivity index (χ1n) is 7.67. The van der Waals surface area contributed by atoms with Crippen molar-refractivity contribution in [3.8, 4) is 11.8 Å². The predicted octanol–water partition coefficient (Wildman–Crippen LogP) is 2.58. The fourth-order valence-corrected chi connectivity index (χ4v) is 3.20. The van der Waals surface area contributed by atoms with E-state index in [1.54, 1.807) is 6.07 Å². The molecular weight excluding hydrogens is 262 g/mol. The second-order valence-electron chi connectivity index (χ2n) is 5.69. The zero-order valence-corrected chi connectivity index (χ0v) is 12.7. The van der Waals surface area contributed by atoms with Gasteiger partial charge in [-0.15, -0.1) is 0 Å². The van der Waals surface area contributed by atoms with Crippen LogP contribution in [0, 0.1) is 23.7 Å². The van der Waals surface area contributed by atoms with Crippen molar-refractivity contribution < 1.29 is 9.90 Å². The fourth-order valence-electron chi connectivity index (χ4n) is 3.20. The molecule has 0 aliphatic heterocycles. The van der Waals surface area contributed by atoms with E-state index in [1.165, 1.54) is 12.8 Å². The Hall–Kier alpha value is -1.79. The zero-order chi connectivity index (χ0) is 15.2. The van der Waals surface area contributed by atoms with E-state index in [-0.39, 0.29) is 18.6 Å². The molecule has 1 amide bonds. The molecule has 0 spiro atoms. The minimum atomic E-state index is -0.201. The van der Waals surface area contributed by atoms with Crippen molar-refractivity contribution >= 4 is 5.91 Å². The van der Waals surface area contributed by atoms with Gasteiger partial charge in [-0.05, 0) is 36.8 Å². The topological polar surface area (TPSA) is 49.3 Å². The van der Waals surface area contributed by atoms with Gasteiger partial charge in [0.2, 0.25) is 0 Å². The Morgan fingerprint density at radius 2 is 2.14 bits per heavy atom. The molecule has 21 heavy (non-hydrogen) atoms. The van der Waals surface area contributed by atoms with Crippen molar-refractivity contribution in [2.45, 2.75) is 39.2 Å². The van der Waals surface area contributed by atoms with Gasteiger partial charge in [0.25, 0.3) is 5.91 Å². The van der Waals surface area contributed by atoms with Crippen LogP contribution in [0.3, 0.4) is 0 Å². The first-order valence-corrected chi connectivity index (χ1v) is 7.67. The third-order valence-electron chi connectivity index (χ3n) is 4.54. The van der Waals surface area contributed by atoms with Crippen LogP contribution in [0.25, 0.3) is 0 Å². The minimum Gasteiger partial charge on any atom is -0.384 e. The van der Waals surface area contributed by atoms with Crippen LogP contribution in [-0.4, -0.2) is 23.7 Å². The van der Waals surface area contributed by atoms with Crippen molar-refractivity contribution in [2.24, 2.45) is 11.8 Å². The zero-order valence-electron chi connectivity index (χ0n) is 12.7. The molecule has 0 aromatic heterocycles. The highest BCUT2D eigenvalue weighted by Gasteiger charge is 2.32. The number of carbonyl (C=O) groups excluding carboxylic acids is 1. The summed E-state index contributed by atoms with van der Waals surface area (Å²) in [5.41, 5.74) is 1.26. The number of aliphatic hydroxyl groups excluding tert-OH is 1. The van der Waals surface area contributed by atoms with Gasteiger partial charge < -0.3 is 10.4 Å². The lowest BCUT2D eigenvalue weighted by Gasteiger charge is -2.21. The summed E-state index contributed by atoms with van der Waals surface area (Å²) >= 11 is 0. The largest absolute Gasteiger partial charge is 0.384 e. The van der Waals surface area contributed by atoms with E-state index >= 15 is 0 Å². The van der Waals surface area contributed by atoms with E-state index in [0.29, 0.717) is 23.0 Å². The van der Waals surface area contributed by atoms with E-state index in [0.717, 1.165) is 6.42 Å². The van der Waals surface area contributed by atoms with Crippen LogP contribution >= 0.6 is 0 Å². The van der Waals surface area contributed by atoms with Crippen LogP contribution < -0.4 is 5.32 Å². The van der Waals surface area contributed by atoms with E-state index in [1.807, 2.05) is 18.2 Å². The number of rotatable bonds is 3. The Kier molecular flexibility index (Phi) is 5.41. The van der Waals surface area contributed by atoms with E-state index < -0.39 is 0 Å². The fraction of sp³-hybridized carbons (Fsp3) is 0.500. The Bertz CT molecular complexity index is 556.